The van der Waals surface area contributed by atoms with Gasteiger partial charge in [-0.15, -0.1) is 0 Å². The van der Waals surface area contributed by atoms with Crippen LogP contribution in [0.4, 0.5) is 0 Å². The molecule has 0 amide bonds. The van der Waals surface area contributed by atoms with Gasteiger partial charge in [0.1, 0.15) is 5.75 Å². The van der Waals surface area contributed by atoms with Gasteiger partial charge in [-0.25, -0.2) is 0 Å². The Balaban J connectivity index is 2.39. The lowest BCUT2D eigenvalue weighted by molar-refractivity contribution is 0.481. The normalized spacial score (nSPS) is 11.4. The van der Waals surface area contributed by atoms with Crippen molar-refractivity contribution in [3.63, 3.8) is 0 Å². The molecule has 0 aliphatic heterocycles. The molecule has 0 unspecified atom stereocenters. The van der Waals surface area contributed by atoms with Crippen LogP contribution in [-0.4, -0.2) is 5.11 Å². The predicted octanol–water partition coefficient (Wildman–Crippen LogP) is 4.21. The Morgan fingerprint density at radius 1 is 0.765 bits per heavy atom. The molecule has 3 aromatic carbocycles. The van der Waals surface area contributed by atoms with Crippen molar-refractivity contribution in [1.29, 1.82) is 0 Å². The van der Waals surface area contributed by atoms with E-state index in [1.54, 1.807) is 12.1 Å². The van der Waals surface area contributed by atoms with E-state index in [-0.39, 0.29) is 5.75 Å². The summed E-state index contributed by atoms with van der Waals surface area (Å²) in [5.41, 5.74) is 2.13. The van der Waals surface area contributed by atoms with E-state index in [0.29, 0.717) is 11.4 Å². The van der Waals surface area contributed by atoms with Crippen LogP contribution in [0.2, 0.25) is 0 Å². The van der Waals surface area contributed by atoms with Gasteiger partial charge in [-0.3, -0.25) is 0 Å². The molecule has 0 atom stereocenters. The molecule has 0 aliphatic carbocycles. The van der Waals surface area contributed by atoms with Crippen molar-refractivity contribution in [2.75, 3.05) is 0 Å². The third kappa shape index (κ3) is 1.66. The first-order valence-corrected chi connectivity index (χ1v) is 5.54. The first kappa shape index (κ1) is 8.82. The van der Waals surface area contributed by atoms with Gasteiger partial charge in [-0.2, -0.15) is 0 Å². The molecular weight excluding hydrogens is 208 g/mol. The fraction of sp³-hybridized carbons (Fsp3) is 0. The summed E-state index contributed by atoms with van der Waals surface area (Å²) >= 11 is 0. The molecule has 0 saturated carbocycles. The highest BCUT2D eigenvalue weighted by atomic mass is 16.3. The largest absolute Gasteiger partial charge is 0.507 e. The molecule has 3 aromatic rings. The van der Waals surface area contributed by atoms with Crippen molar-refractivity contribution in [3.8, 4) is 16.9 Å². The lowest BCUT2D eigenvalue weighted by atomic mass is 9.98. The quantitative estimate of drug-likeness (QED) is 0.652. The zero-order chi connectivity index (χ0) is 12.5. The van der Waals surface area contributed by atoms with Crippen LogP contribution in [0.1, 0.15) is 1.37 Å². The van der Waals surface area contributed by atoms with Gasteiger partial charge < -0.3 is 5.11 Å². The molecule has 17 heavy (non-hydrogen) atoms. The summed E-state index contributed by atoms with van der Waals surface area (Å²) in [6.07, 6.45) is 0. The zero-order valence-electron chi connectivity index (χ0n) is 10.2. The molecule has 3 rings (SSSR count). The highest BCUT2D eigenvalue weighted by Gasteiger charge is 2.05. The minimum Gasteiger partial charge on any atom is -0.507 e. The molecule has 0 heterocycles. The predicted molar refractivity (Wildman–Crippen MR) is 71.0 cm³/mol. The monoisotopic (exact) mass is 221 g/mol. The lowest BCUT2D eigenvalue weighted by Gasteiger charge is -2.08. The van der Waals surface area contributed by atoms with Crippen LogP contribution < -0.4 is 0 Å². The van der Waals surface area contributed by atoms with Crippen molar-refractivity contribution in [2.24, 2.45) is 0 Å². The second kappa shape index (κ2) is 3.95. The average Bonchev–Trinajstić information content (AvgIpc) is 2.40. The summed E-state index contributed by atoms with van der Waals surface area (Å²) in [6, 6.07) is 19.4. The average molecular weight is 221 g/mol. The SMILES string of the molecule is [2H]c1cccc2c(-c3ccccc3)ccc(O)c12. The van der Waals surface area contributed by atoms with Crippen molar-refractivity contribution in [3.05, 3.63) is 66.7 Å². The summed E-state index contributed by atoms with van der Waals surface area (Å²) < 4.78 is 7.90. The number of hydrogen-bond donors (Lipinski definition) is 1. The Hall–Kier alpha value is -2.28. The number of aromatic hydroxyl groups is 1. The maximum atomic E-state index is 9.90. The van der Waals surface area contributed by atoms with Crippen LogP contribution in [0.5, 0.6) is 5.75 Å². The summed E-state index contributed by atoms with van der Waals surface area (Å²) in [5, 5.41) is 11.4. The Bertz CT molecular complexity index is 697. The van der Waals surface area contributed by atoms with Gasteiger partial charge in [0.2, 0.25) is 0 Å². The first-order valence-electron chi connectivity index (χ1n) is 6.04. The zero-order valence-corrected chi connectivity index (χ0v) is 9.22. The van der Waals surface area contributed by atoms with Crippen molar-refractivity contribution >= 4 is 10.8 Å². The number of rotatable bonds is 1. The molecular formula is C16H12O. The summed E-state index contributed by atoms with van der Waals surface area (Å²) in [6.45, 7) is 0. The van der Waals surface area contributed by atoms with E-state index in [0.717, 1.165) is 16.5 Å². The van der Waals surface area contributed by atoms with E-state index >= 15 is 0 Å². The summed E-state index contributed by atoms with van der Waals surface area (Å²) in [5.74, 6) is 0.162. The number of phenolic OH excluding ortho intramolecular Hbond substituents is 1. The molecule has 0 aliphatic rings. The molecule has 1 nitrogen and oxygen atoms in total. The molecule has 0 bridgehead atoms. The fourth-order valence-corrected chi connectivity index (χ4v) is 2.08. The summed E-state index contributed by atoms with van der Waals surface area (Å²) in [4.78, 5) is 0. The smallest absolute Gasteiger partial charge is 0.123 e. The van der Waals surface area contributed by atoms with E-state index in [1.165, 1.54) is 0 Å². The highest BCUT2D eigenvalue weighted by molar-refractivity contribution is 5.99. The van der Waals surface area contributed by atoms with Gasteiger partial charge in [-0.1, -0.05) is 60.6 Å². The second-order valence-electron chi connectivity index (χ2n) is 3.96. The van der Waals surface area contributed by atoms with Gasteiger partial charge >= 0.3 is 0 Å². The molecule has 0 saturated heterocycles. The number of benzene rings is 3. The van der Waals surface area contributed by atoms with Crippen LogP contribution in [0, 0.1) is 0 Å². The van der Waals surface area contributed by atoms with Crippen molar-refractivity contribution in [1.82, 2.24) is 0 Å². The van der Waals surface area contributed by atoms with Crippen LogP contribution in [-0.2, 0) is 0 Å². The van der Waals surface area contributed by atoms with Gasteiger partial charge in [0.25, 0.3) is 0 Å². The molecule has 0 radical (unpaired) electrons. The molecule has 1 N–H and O–H groups in total. The summed E-state index contributed by atoms with van der Waals surface area (Å²) in [7, 11) is 0. The first-order chi connectivity index (χ1) is 8.77. The maximum Gasteiger partial charge on any atom is 0.123 e. The van der Waals surface area contributed by atoms with Crippen LogP contribution >= 0.6 is 0 Å². The third-order valence-corrected chi connectivity index (χ3v) is 2.90. The van der Waals surface area contributed by atoms with Gasteiger partial charge in [0.05, 0.1) is 1.37 Å². The van der Waals surface area contributed by atoms with Crippen LogP contribution in [0.25, 0.3) is 21.9 Å². The maximum absolute atomic E-state index is 9.90. The van der Waals surface area contributed by atoms with Crippen LogP contribution in [0.3, 0.4) is 0 Å². The standard InChI is InChI=1S/C16H12O/c17-16-11-10-13(12-6-2-1-3-7-12)14-8-4-5-9-15(14)16/h1-11,17H/i9D. The second-order valence-corrected chi connectivity index (χ2v) is 3.96. The Labute approximate surface area is 101 Å². The van der Waals surface area contributed by atoms with Gasteiger partial charge in [-0.05, 0) is 22.6 Å². The van der Waals surface area contributed by atoms with E-state index in [9.17, 15) is 5.11 Å². The van der Waals surface area contributed by atoms with Gasteiger partial charge in [0.15, 0.2) is 0 Å². The third-order valence-electron chi connectivity index (χ3n) is 2.90. The number of phenols is 1. The Morgan fingerprint density at radius 3 is 2.35 bits per heavy atom. The fourth-order valence-electron chi connectivity index (χ4n) is 2.08. The topological polar surface area (TPSA) is 20.2 Å². The van der Waals surface area contributed by atoms with Crippen LogP contribution in [0.15, 0.2) is 66.7 Å². The molecule has 0 fully saturated rings. The van der Waals surface area contributed by atoms with Crippen molar-refractivity contribution in [2.45, 2.75) is 0 Å². The van der Waals surface area contributed by atoms with E-state index in [4.69, 9.17) is 1.37 Å². The minimum atomic E-state index is 0.162. The Kier molecular flexibility index (Phi) is 2.05. The molecule has 0 aromatic heterocycles. The Morgan fingerprint density at radius 2 is 1.53 bits per heavy atom. The molecule has 1 heteroatoms. The lowest BCUT2D eigenvalue weighted by Crippen LogP contribution is -1.81. The van der Waals surface area contributed by atoms with E-state index < -0.39 is 0 Å². The molecule has 0 spiro atoms. The number of fused-ring (bicyclic) bond motifs is 1. The molecule has 82 valence electrons. The van der Waals surface area contributed by atoms with E-state index in [2.05, 4.69) is 0 Å². The minimum absolute atomic E-state index is 0.162. The van der Waals surface area contributed by atoms with Gasteiger partial charge in [0, 0.05) is 5.39 Å². The highest BCUT2D eigenvalue weighted by Crippen LogP contribution is 2.33. The van der Waals surface area contributed by atoms with E-state index in [1.807, 2.05) is 48.5 Å². The number of hydrogen-bond acceptors (Lipinski definition) is 1. The van der Waals surface area contributed by atoms with Crippen molar-refractivity contribution < 1.29 is 6.48 Å².